The predicted octanol–water partition coefficient (Wildman–Crippen LogP) is 3.51. The molecule has 0 bridgehead atoms. The first-order valence-corrected chi connectivity index (χ1v) is 6.75. The van der Waals surface area contributed by atoms with Crippen molar-refractivity contribution < 1.29 is 0 Å². The molecular formula is C14H18ClN. The van der Waals surface area contributed by atoms with E-state index in [9.17, 15) is 0 Å². The van der Waals surface area contributed by atoms with Crippen molar-refractivity contribution in [3.63, 3.8) is 0 Å². The van der Waals surface area contributed by atoms with E-state index in [0.29, 0.717) is 12.0 Å². The van der Waals surface area contributed by atoms with Crippen molar-refractivity contribution in [3.05, 3.63) is 34.3 Å². The summed E-state index contributed by atoms with van der Waals surface area (Å²) in [5.41, 5.74) is 2.92. The molecule has 86 valence electrons. The Balaban J connectivity index is 1.98. The van der Waals surface area contributed by atoms with Gasteiger partial charge in [-0.05, 0) is 55.8 Å². The van der Waals surface area contributed by atoms with Crippen LogP contribution < -0.4 is 5.32 Å². The maximum Gasteiger partial charge on any atom is 0.0444 e. The van der Waals surface area contributed by atoms with Gasteiger partial charge < -0.3 is 5.32 Å². The van der Waals surface area contributed by atoms with Crippen LogP contribution in [0.15, 0.2) is 18.2 Å². The Hall–Kier alpha value is -0.530. The van der Waals surface area contributed by atoms with Gasteiger partial charge in [-0.25, -0.2) is 0 Å². The van der Waals surface area contributed by atoms with E-state index >= 15 is 0 Å². The normalized spacial score (nSPS) is 29.1. The lowest BCUT2D eigenvalue weighted by Crippen LogP contribution is -2.31. The fourth-order valence-electron chi connectivity index (χ4n) is 3.33. The van der Waals surface area contributed by atoms with Gasteiger partial charge in [0.05, 0.1) is 0 Å². The number of fused-ring (bicyclic) bond motifs is 1. The summed E-state index contributed by atoms with van der Waals surface area (Å²) in [6, 6.07) is 7.06. The molecule has 1 N–H and O–H groups in total. The summed E-state index contributed by atoms with van der Waals surface area (Å²) in [7, 11) is 0. The molecule has 2 heteroatoms. The molecule has 1 aliphatic heterocycles. The highest BCUT2D eigenvalue weighted by Crippen LogP contribution is 2.40. The Kier molecular flexibility index (Phi) is 2.91. The maximum absolute atomic E-state index is 6.39. The first-order chi connectivity index (χ1) is 7.86. The SMILES string of the molecule is Clc1cccc2c1C(C1CCCN1)CCC2. The van der Waals surface area contributed by atoms with Crippen LogP contribution in [0.25, 0.3) is 0 Å². The highest BCUT2D eigenvalue weighted by atomic mass is 35.5. The first kappa shape index (κ1) is 10.6. The van der Waals surface area contributed by atoms with Crippen LogP contribution in [0, 0.1) is 0 Å². The summed E-state index contributed by atoms with van der Waals surface area (Å²) < 4.78 is 0. The van der Waals surface area contributed by atoms with E-state index in [1.807, 2.05) is 6.07 Å². The smallest absolute Gasteiger partial charge is 0.0444 e. The number of hydrogen-bond donors (Lipinski definition) is 1. The van der Waals surface area contributed by atoms with Crippen LogP contribution in [0.4, 0.5) is 0 Å². The summed E-state index contributed by atoms with van der Waals surface area (Å²) in [5, 5.41) is 4.62. The summed E-state index contributed by atoms with van der Waals surface area (Å²) in [5.74, 6) is 0.653. The van der Waals surface area contributed by atoms with Crippen molar-refractivity contribution in [1.29, 1.82) is 0 Å². The van der Waals surface area contributed by atoms with Crippen molar-refractivity contribution in [3.8, 4) is 0 Å². The molecule has 1 aromatic carbocycles. The van der Waals surface area contributed by atoms with Crippen molar-refractivity contribution in [1.82, 2.24) is 5.32 Å². The van der Waals surface area contributed by atoms with Crippen LogP contribution in [0.2, 0.25) is 5.02 Å². The van der Waals surface area contributed by atoms with Crippen molar-refractivity contribution in [2.45, 2.75) is 44.1 Å². The zero-order valence-corrected chi connectivity index (χ0v) is 10.3. The molecule has 2 unspecified atom stereocenters. The van der Waals surface area contributed by atoms with E-state index in [1.54, 1.807) is 0 Å². The minimum Gasteiger partial charge on any atom is -0.313 e. The molecule has 1 aliphatic carbocycles. The van der Waals surface area contributed by atoms with Crippen molar-refractivity contribution >= 4 is 11.6 Å². The third-order valence-corrected chi connectivity index (χ3v) is 4.39. The molecule has 0 amide bonds. The van der Waals surface area contributed by atoms with Gasteiger partial charge in [0, 0.05) is 17.0 Å². The molecular weight excluding hydrogens is 218 g/mol. The third kappa shape index (κ3) is 1.76. The van der Waals surface area contributed by atoms with E-state index in [4.69, 9.17) is 11.6 Å². The minimum atomic E-state index is 0.653. The average molecular weight is 236 g/mol. The second kappa shape index (κ2) is 4.38. The Morgan fingerprint density at radius 1 is 1.19 bits per heavy atom. The van der Waals surface area contributed by atoms with Crippen LogP contribution >= 0.6 is 11.6 Å². The fraction of sp³-hybridized carbons (Fsp3) is 0.571. The van der Waals surface area contributed by atoms with Crippen LogP contribution in [-0.2, 0) is 6.42 Å². The average Bonchev–Trinajstić information content (AvgIpc) is 2.82. The van der Waals surface area contributed by atoms with Gasteiger partial charge in [-0.1, -0.05) is 23.7 Å². The predicted molar refractivity (Wildman–Crippen MR) is 68.2 cm³/mol. The van der Waals surface area contributed by atoms with Crippen molar-refractivity contribution in [2.24, 2.45) is 0 Å². The molecule has 0 aromatic heterocycles. The van der Waals surface area contributed by atoms with Gasteiger partial charge in [0.25, 0.3) is 0 Å². The largest absolute Gasteiger partial charge is 0.313 e. The number of halogens is 1. The van der Waals surface area contributed by atoms with E-state index in [2.05, 4.69) is 17.4 Å². The molecule has 1 nitrogen and oxygen atoms in total. The lowest BCUT2D eigenvalue weighted by atomic mass is 9.78. The molecule has 0 radical (unpaired) electrons. The van der Waals surface area contributed by atoms with Gasteiger partial charge in [-0.15, -0.1) is 0 Å². The Bertz CT molecular complexity index is 382. The summed E-state index contributed by atoms with van der Waals surface area (Å²) in [6.07, 6.45) is 6.46. The molecule has 1 aromatic rings. The van der Waals surface area contributed by atoms with Crippen molar-refractivity contribution in [2.75, 3.05) is 6.54 Å². The van der Waals surface area contributed by atoms with E-state index in [-0.39, 0.29) is 0 Å². The fourth-order valence-corrected chi connectivity index (χ4v) is 3.66. The molecule has 0 spiro atoms. The van der Waals surface area contributed by atoms with Gasteiger partial charge in [0.15, 0.2) is 0 Å². The molecule has 0 saturated carbocycles. The Labute approximate surface area is 102 Å². The van der Waals surface area contributed by atoms with E-state index < -0.39 is 0 Å². The summed E-state index contributed by atoms with van der Waals surface area (Å²) in [4.78, 5) is 0. The molecule has 16 heavy (non-hydrogen) atoms. The summed E-state index contributed by atoms with van der Waals surface area (Å²) in [6.45, 7) is 1.18. The Morgan fingerprint density at radius 3 is 2.94 bits per heavy atom. The van der Waals surface area contributed by atoms with E-state index in [1.165, 1.54) is 49.8 Å². The molecule has 1 heterocycles. The van der Waals surface area contributed by atoms with Crippen LogP contribution in [0.3, 0.4) is 0 Å². The third-order valence-electron chi connectivity index (χ3n) is 4.06. The topological polar surface area (TPSA) is 12.0 Å². The van der Waals surface area contributed by atoms with Gasteiger partial charge in [-0.3, -0.25) is 0 Å². The summed E-state index contributed by atoms with van der Waals surface area (Å²) >= 11 is 6.39. The second-order valence-electron chi connectivity index (χ2n) is 5.01. The standard InChI is InChI=1S/C14H18ClN/c15-12-7-2-5-10-4-1-6-11(14(10)12)13-8-3-9-16-13/h2,5,7,11,13,16H,1,3-4,6,8-9H2. The zero-order chi connectivity index (χ0) is 11.0. The van der Waals surface area contributed by atoms with Gasteiger partial charge in [-0.2, -0.15) is 0 Å². The van der Waals surface area contributed by atoms with Crippen LogP contribution in [-0.4, -0.2) is 12.6 Å². The van der Waals surface area contributed by atoms with Gasteiger partial charge in [0.2, 0.25) is 0 Å². The van der Waals surface area contributed by atoms with Crippen LogP contribution in [0.1, 0.15) is 42.7 Å². The van der Waals surface area contributed by atoms with E-state index in [0.717, 1.165) is 5.02 Å². The number of aryl methyl sites for hydroxylation is 1. The quantitative estimate of drug-likeness (QED) is 0.786. The molecule has 1 fully saturated rings. The second-order valence-corrected chi connectivity index (χ2v) is 5.42. The Morgan fingerprint density at radius 2 is 2.12 bits per heavy atom. The lowest BCUT2D eigenvalue weighted by molar-refractivity contribution is 0.432. The number of hydrogen-bond acceptors (Lipinski definition) is 1. The van der Waals surface area contributed by atoms with Gasteiger partial charge >= 0.3 is 0 Å². The highest BCUT2D eigenvalue weighted by Gasteiger charge is 2.30. The minimum absolute atomic E-state index is 0.653. The monoisotopic (exact) mass is 235 g/mol. The first-order valence-electron chi connectivity index (χ1n) is 6.37. The zero-order valence-electron chi connectivity index (χ0n) is 9.51. The highest BCUT2D eigenvalue weighted by molar-refractivity contribution is 6.31. The van der Waals surface area contributed by atoms with Crippen LogP contribution in [0.5, 0.6) is 0 Å². The number of benzene rings is 1. The molecule has 3 rings (SSSR count). The number of nitrogens with one attached hydrogen (secondary N) is 1. The molecule has 2 atom stereocenters. The molecule has 2 aliphatic rings. The lowest BCUT2D eigenvalue weighted by Gasteiger charge is -2.31. The number of rotatable bonds is 1. The maximum atomic E-state index is 6.39. The molecule has 1 saturated heterocycles. The van der Waals surface area contributed by atoms with Gasteiger partial charge in [0.1, 0.15) is 0 Å².